The second-order valence-corrected chi connectivity index (χ2v) is 4.52. The molecule has 0 unspecified atom stereocenters. The van der Waals surface area contributed by atoms with Gasteiger partial charge in [0.25, 0.3) is 0 Å². The molecule has 0 bridgehead atoms. The third-order valence-electron chi connectivity index (χ3n) is 3.07. The van der Waals surface area contributed by atoms with Crippen LogP contribution in [0.25, 0.3) is 11.3 Å². The first-order valence-corrected chi connectivity index (χ1v) is 6.54. The van der Waals surface area contributed by atoms with Gasteiger partial charge in [-0.1, -0.05) is 31.9 Å². The van der Waals surface area contributed by atoms with Gasteiger partial charge in [0.1, 0.15) is 5.75 Å². The minimum Gasteiger partial charge on any atom is -0.507 e. The summed E-state index contributed by atoms with van der Waals surface area (Å²) in [5.74, 6) is 0.322. The van der Waals surface area contributed by atoms with Gasteiger partial charge in [0.05, 0.1) is 5.69 Å². The molecule has 0 saturated heterocycles. The third-order valence-corrected chi connectivity index (χ3v) is 3.07. The van der Waals surface area contributed by atoms with Crippen LogP contribution in [0.4, 0.5) is 0 Å². The van der Waals surface area contributed by atoms with Crippen molar-refractivity contribution >= 4 is 0 Å². The average molecular weight is 241 g/mol. The summed E-state index contributed by atoms with van der Waals surface area (Å²) in [4.78, 5) is 4.25. The molecule has 0 atom stereocenters. The van der Waals surface area contributed by atoms with Gasteiger partial charge < -0.3 is 5.11 Å². The predicted octanol–water partition coefficient (Wildman–Crippen LogP) is 4.19. The van der Waals surface area contributed by atoms with E-state index in [-0.39, 0.29) is 0 Å². The van der Waals surface area contributed by atoms with Crippen molar-refractivity contribution in [1.82, 2.24) is 4.98 Å². The van der Waals surface area contributed by atoms with Crippen LogP contribution in [0.5, 0.6) is 5.75 Å². The Morgan fingerprint density at radius 1 is 1.11 bits per heavy atom. The molecule has 2 nitrogen and oxygen atoms in total. The second-order valence-electron chi connectivity index (χ2n) is 4.52. The van der Waals surface area contributed by atoms with E-state index in [2.05, 4.69) is 18.0 Å². The Morgan fingerprint density at radius 3 is 2.67 bits per heavy atom. The molecule has 1 N–H and O–H groups in total. The molecular formula is C16H19NO. The SMILES string of the molecule is CCCCCc1ccc(-c2ccccn2)c(O)c1. The first-order valence-electron chi connectivity index (χ1n) is 6.54. The van der Waals surface area contributed by atoms with Crippen LogP contribution in [0.2, 0.25) is 0 Å². The van der Waals surface area contributed by atoms with Gasteiger partial charge in [-0.3, -0.25) is 4.98 Å². The molecular weight excluding hydrogens is 222 g/mol. The summed E-state index contributed by atoms with van der Waals surface area (Å²) in [6, 6.07) is 11.6. The molecule has 0 saturated carbocycles. The van der Waals surface area contributed by atoms with E-state index < -0.39 is 0 Å². The summed E-state index contributed by atoms with van der Waals surface area (Å²) in [7, 11) is 0. The summed E-state index contributed by atoms with van der Waals surface area (Å²) in [5.41, 5.74) is 2.81. The largest absolute Gasteiger partial charge is 0.507 e. The third kappa shape index (κ3) is 3.10. The van der Waals surface area contributed by atoms with Crippen molar-refractivity contribution in [2.45, 2.75) is 32.6 Å². The first-order chi connectivity index (χ1) is 8.81. The van der Waals surface area contributed by atoms with Crippen LogP contribution in [0.15, 0.2) is 42.6 Å². The number of phenolic OH excluding ortho intramolecular Hbond substituents is 1. The normalized spacial score (nSPS) is 10.5. The molecule has 2 aromatic rings. The predicted molar refractivity (Wildman–Crippen MR) is 74.6 cm³/mol. The maximum atomic E-state index is 10.1. The van der Waals surface area contributed by atoms with E-state index in [1.165, 1.54) is 24.8 Å². The number of pyridine rings is 1. The summed E-state index contributed by atoms with van der Waals surface area (Å²) in [6.07, 6.45) is 6.41. The Bertz CT molecular complexity index is 494. The van der Waals surface area contributed by atoms with Crippen molar-refractivity contribution < 1.29 is 5.11 Å². The lowest BCUT2D eigenvalue weighted by Crippen LogP contribution is -1.88. The quantitative estimate of drug-likeness (QED) is 0.796. The van der Waals surface area contributed by atoms with Crippen LogP contribution in [0.1, 0.15) is 31.7 Å². The molecule has 1 aromatic heterocycles. The van der Waals surface area contributed by atoms with Crippen LogP contribution in [0.3, 0.4) is 0 Å². The molecule has 0 aliphatic carbocycles. The van der Waals surface area contributed by atoms with Crippen LogP contribution in [0, 0.1) is 0 Å². The zero-order chi connectivity index (χ0) is 12.8. The number of hydrogen-bond acceptors (Lipinski definition) is 2. The molecule has 94 valence electrons. The van der Waals surface area contributed by atoms with Crippen molar-refractivity contribution in [3.63, 3.8) is 0 Å². The number of aromatic hydroxyl groups is 1. The summed E-state index contributed by atoms with van der Waals surface area (Å²) in [6.45, 7) is 2.20. The minimum absolute atomic E-state index is 0.322. The number of aromatic nitrogens is 1. The maximum Gasteiger partial charge on any atom is 0.125 e. The summed E-state index contributed by atoms with van der Waals surface area (Å²) in [5, 5.41) is 10.1. The molecule has 0 aliphatic rings. The Balaban J connectivity index is 2.15. The zero-order valence-electron chi connectivity index (χ0n) is 10.8. The van der Waals surface area contributed by atoms with Gasteiger partial charge in [0.15, 0.2) is 0 Å². The zero-order valence-corrected chi connectivity index (χ0v) is 10.8. The molecule has 1 aromatic carbocycles. The van der Waals surface area contributed by atoms with Crippen molar-refractivity contribution in [3.05, 3.63) is 48.2 Å². The number of benzene rings is 1. The van der Waals surface area contributed by atoms with Crippen LogP contribution < -0.4 is 0 Å². The Morgan fingerprint density at radius 2 is 2.00 bits per heavy atom. The number of rotatable bonds is 5. The highest BCUT2D eigenvalue weighted by Crippen LogP contribution is 2.28. The molecule has 2 rings (SSSR count). The lowest BCUT2D eigenvalue weighted by molar-refractivity contribution is 0.476. The minimum atomic E-state index is 0.322. The summed E-state index contributed by atoms with van der Waals surface area (Å²) >= 11 is 0. The van der Waals surface area contributed by atoms with Crippen molar-refractivity contribution in [2.75, 3.05) is 0 Å². The highest BCUT2D eigenvalue weighted by Gasteiger charge is 2.05. The fraction of sp³-hybridized carbons (Fsp3) is 0.312. The van der Waals surface area contributed by atoms with E-state index in [0.717, 1.165) is 17.7 Å². The van der Waals surface area contributed by atoms with Gasteiger partial charge in [-0.25, -0.2) is 0 Å². The van der Waals surface area contributed by atoms with Crippen LogP contribution >= 0.6 is 0 Å². The molecule has 0 fully saturated rings. The number of aryl methyl sites for hydroxylation is 1. The Hall–Kier alpha value is -1.83. The van der Waals surface area contributed by atoms with Crippen molar-refractivity contribution in [1.29, 1.82) is 0 Å². The van der Waals surface area contributed by atoms with E-state index in [9.17, 15) is 5.11 Å². The monoisotopic (exact) mass is 241 g/mol. The second kappa shape index (κ2) is 6.20. The van der Waals surface area contributed by atoms with Crippen LogP contribution in [-0.4, -0.2) is 10.1 Å². The van der Waals surface area contributed by atoms with Crippen LogP contribution in [-0.2, 0) is 6.42 Å². The van der Waals surface area contributed by atoms with Gasteiger partial charge in [-0.15, -0.1) is 0 Å². The molecule has 1 heterocycles. The topological polar surface area (TPSA) is 33.1 Å². The molecule has 0 aliphatic heterocycles. The van der Waals surface area contributed by atoms with E-state index in [4.69, 9.17) is 0 Å². The fourth-order valence-corrected chi connectivity index (χ4v) is 2.05. The smallest absolute Gasteiger partial charge is 0.125 e. The van der Waals surface area contributed by atoms with E-state index in [1.807, 2.05) is 30.3 Å². The highest BCUT2D eigenvalue weighted by molar-refractivity contribution is 5.67. The lowest BCUT2D eigenvalue weighted by Gasteiger charge is -2.06. The van der Waals surface area contributed by atoms with Gasteiger partial charge in [-0.05, 0) is 42.7 Å². The van der Waals surface area contributed by atoms with E-state index >= 15 is 0 Å². The average Bonchev–Trinajstić information content (AvgIpc) is 2.40. The highest BCUT2D eigenvalue weighted by atomic mass is 16.3. The van der Waals surface area contributed by atoms with E-state index in [0.29, 0.717) is 5.75 Å². The Labute approximate surface area is 108 Å². The summed E-state index contributed by atoms with van der Waals surface area (Å²) < 4.78 is 0. The standard InChI is InChI=1S/C16H19NO/c1-2-3-4-7-13-9-10-14(16(18)12-13)15-8-5-6-11-17-15/h5-6,8-12,18H,2-4,7H2,1H3. The number of nitrogens with zero attached hydrogens (tertiary/aromatic N) is 1. The van der Waals surface area contributed by atoms with E-state index in [1.54, 1.807) is 6.20 Å². The van der Waals surface area contributed by atoms with Crippen molar-refractivity contribution in [2.24, 2.45) is 0 Å². The fourth-order valence-electron chi connectivity index (χ4n) is 2.05. The molecule has 0 spiro atoms. The van der Waals surface area contributed by atoms with Gasteiger partial charge in [0.2, 0.25) is 0 Å². The van der Waals surface area contributed by atoms with Crippen molar-refractivity contribution in [3.8, 4) is 17.0 Å². The first kappa shape index (κ1) is 12.6. The Kier molecular flexibility index (Phi) is 4.35. The molecule has 18 heavy (non-hydrogen) atoms. The molecule has 2 heteroatoms. The lowest BCUT2D eigenvalue weighted by atomic mass is 10.0. The van der Waals surface area contributed by atoms with Gasteiger partial charge in [-0.2, -0.15) is 0 Å². The van der Waals surface area contributed by atoms with Gasteiger partial charge in [0, 0.05) is 11.8 Å². The molecule has 0 amide bonds. The number of hydrogen-bond donors (Lipinski definition) is 1. The molecule has 0 radical (unpaired) electrons. The van der Waals surface area contributed by atoms with Gasteiger partial charge >= 0.3 is 0 Å². The number of phenols is 1. The maximum absolute atomic E-state index is 10.1. The number of unbranched alkanes of at least 4 members (excludes halogenated alkanes) is 2.